The summed E-state index contributed by atoms with van der Waals surface area (Å²) in [6, 6.07) is 9.93. The van der Waals surface area contributed by atoms with Crippen molar-refractivity contribution in [3.05, 3.63) is 65.3 Å². The molecule has 3 aromatic heterocycles. The molecule has 25 heavy (non-hydrogen) atoms. The molecule has 0 fully saturated rings. The van der Waals surface area contributed by atoms with Crippen LogP contribution in [0.3, 0.4) is 0 Å². The molecule has 0 radical (unpaired) electrons. The van der Waals surface area contributed by atoms with Crippen molar-refractivity contribution in [2.75, 3.05) is 5.32 Å². The monoisotopic (exact) mass is 353 g/mol. The maximum absolute atomic E-state index is 14.2. The quantitative estimate of drug-likeness (QED) is 0.551. The number of anilines is 2. The molecule has 2 N–H and O–H groups in total. The second-order valence-corrected chi connectivity index (χ2v) is 6.06. The van der Waals surface area contributed by atoms with Gasteiger partial charge in [-0.3, -0.25) is 15.1 Å². The van der Waals surface area contributed by atoms with Crippen LogP contribution in [0.25, 0.3) is 22.3 Å². The van der Waals surface area contributed by atoms with E-state index in [9.17, 15) is 4.39 Å². The Morgan fingerprint density at radius 3 is 2.92 bits per heavy atom. The van der Waals surface area contributed by atoms with Gasteiger partial charge in [0, 0.05) is 28.2 Å². The van der Waals surface area contributed by atoms with Gasteiger partial charge >= 0.3 is 0 Å². The number of hydrogen-bond donors (Lipinski definition) is 2. The van der Waals surface area contributed by atoms with Gasteiger partial charge in [-0.15, -0.1) is 0 Å². The number of fused-ring (bicyclic) bond motifs is 1. The third-order valence-electron chi connectivity index (χ3n) is 3.78. The summed E-state index contributed by atoms with van der Waals surface area (Å²) >= 11 is 6.00. The molecule has 124 valence electrons. The van der Waals surface area contributed by atoms with Gasteiger partial charge in [-0.05, 0) is 43.3 Å². The number of pyridine rings is 2. The van der Waals surface area contributed by atoms with Gasteiger partial charge < -0.3 is 5.32 Å². The lowest BCUT2D eigenvalue weighted by Gasteiger charge is -2.11. The van der Waals surface area contributed by atoms with Crippen LogP contribution in [0.1, 0.15) is 5.69 Å². The number of H-pyrrole nitrogens is 1. The van der Waals surface area contributed by atoms with Gasteiger partial charge in [-0.1, -0.05) is 11.6 Å². The highest BCUT2D eigenvalue weighted by Gasteiger charge is 2.11. The summed E-state index contributed by atoms with van der Waals surface area (Å²) in [6.07, 6.45) is 3.36. The smallest absolute Gasteiger partial charge is 0.132 e. The van der Waals surface area contributed by atoms with Gasteiger partial charge in [0.1, 0.15) is 16.9 Å². The van der Waals surface area contributed by atoms with E-state index in [1.54, 1.807) is 24.5 Å². The van der Waals surface area contributed by atoms with Crippen molar-refractivity contribution in [1.29, 1.82) is 0 Å². The molecule has 7 heteroatoms. The zero-order valence-electron chi connectivity index (χ0n) is 13.2. The zero-order valence-corrected chi connectivity index (χ0v) is 14.0. The van der Waals surface area contributed by atoms with Crippen LogP contribution in [-0.4, -0.2) is 20.2 Å². The van der Waals surface area contributed by atoms with E-state index in [0.717, 1.165) is 28.1 Å². The minimum absolute atomic E-state index is 0.362. The SMILES string of the molecule is Cc1cc(Nc2ccnc3cn[nH]c23)cc(-c2cc(Cl)ccc2F)n1. The summed E-state index contributed by atoms with van der Waals surface area (Å²) in [5.74, 6) is -0.367. The van der Waals surface area contributed by atoms with Crippen molar-refractivity contribution in [1.82, 2.24) is 20.2 Å². The average Bonchev–Trinajstić information content (AvgIpc) is 3.06. The van der Waals surface area contributed by atoms with E-state index in [1.807, 2.05) is 19.1 Å². The third-order valence-corrected chi connectivity index (χ3v) is 4.02. The standard InChI is InChI=1S/C18H13ClFN5/c1-10-6-12(24-15-4-5-21-17-9-22-25-18(15)17)8-16(23-10)13-7-11(19)2-3-14(13)20/h2-9H,1H3,(H,22,25)(H,21,23,24). The summed E-state index contributed by atoms with van der Waals surface area (Å²) in [6.45, 7) is 1.86. The molecule has 0 aliphatic rings. The first-order chi connectivity index (χ1) is 12.1. The van der Waals surface area contributed by atoms with Gasteiger partial charge in [-0.25, -0.2) is 4.39 Å². The number of aryl methyl sites for hydroxylation is 1. The van der Waals surface area contributed by atoms with E-state index >= 15 is 0 Å². The number of nitrogens with zero attached hydrogens (tertiary/aromatic N) is 3. The molecule has 0 saturated carbocycles. The maximum atomic E-state index is 14.2. The van der Waals surface area contributed by atoms with Crippen LogP contribution in [0, 0.1) is 12.7 Å². The molecule has 3 heterocycles. The fourth-order valence-corrected chi connectivity index (χ4v) is 2.86. The average molecular weight is 354 g/mol. The van der Waals surface area contributed by atoms with Crippen molar-refractivity contribution < 1.29 is 4.39 Å². The predicted octanol–water partition coefficient (Wildman–Crippen LogP) is 4.86. The lowest BCUT2D eigenvalue weighted by atomic mass is 10.1. The van der Waals surface area contributed by atoms with Crippen LogP contribution in [-0.2, 0) is 0 Å². The van der Waals surface area contributed by atoms with Crippen LogP contribution in [0.4, 0.5) is 15.8 Å². The van der Waals surface area contributed by atoms with Crippen LogP contribution >= 0.6 is 11.6 Å². The molecule has 4 aromatic rings. The van der Waals surface area contributed by atoms with Crippen LogP contribution in [0.15, 0.2) is 48.8 Å². The summed E-state index contributed by atoms with van der Waals surface area (Å²) in [5, 5.41) is 10.7. The molecule has 0 spiro atoms. The van der Waals surface area contributed by atoms with Crippen LogP contribution in [0.5, 0.6) is 0 Å². The van der Waals surface area contributed by atoms with Gasteiger partial charge in [0.15, 0.2) is 0 Å². The molecule has 0 bridgehead atoms. The van der Waals surface area contributed by atoms with Gasteiger partial charge in [-0.2, -0.15) is 5.10 Å². The number of aromatic nitrogens is 4. The molecule has 0 saturated heterocycles. The Hall–Kier alpha value is -2.99. The minimum Gasteiger partial charge on any atom is -0.354 e. The number of rotatable bonds is 3. The predicted molar refractivity (Wildman–Crippen MR) is 96.5 cm³/mol. The number of halogens is 2. The van der Waals surface area contributed by atoms with Gasteiger partial charge in [0.2, 0.25) is 0 Å². The molecule has 0 amide bonds. The minimum atomic E-state index is -0.367. The first-order valence-electron chi connectivity index (χ1n) is 7.59. The Balaban J connectivity index is 1.78. The van der Waals surface area contributed by atoms with Crippen molar-refractivity contribution in [2.24, 2.45) is 0 Å². The highest BCUT2D eigenvalue weighted by molar-refractivity contribution is 6.30. The fraction of sp³-hybridized carbons (Fsp3) is 0.0556. The number of aromatic amines is 1. The Labute approximate surface area is 147 Å². The lowest BCUT2D eigenvalue weighted by Crippen LogP contribution is -1.97. The molecule has 4 rings (SSSR count). The maximum Gasteiger partial charge on any atom is 0.132 e. The van der Waals surface area contributed by atoms with E-state index in [2.05, 4.69) is 25.5 Å². The molecule has 0 aliphatic heterocycles. The number of nitrogens with one attached hydrogen (secondary N) is 2. The normalized spacial score (nSPS) is 11.0. The van der Waals surface area contributed by atoms with Crippen molar-refractivity contribution in [3.63, 3.8) is 0 Å². The third kappa shape index (κ3) is 3.04. The second-order valence-electron chi connectivity index (χ2n) is 5.62. The van der Waals surface area contributed by atoms with E-state index in [4.69, 9.17) is 11.6 Å². The van der Waals surface area contributed by atoms with E-state index in [0.29, 0.717) is 16.3 Å². The first-order valence-corrected chi connectivity index (χ1v) is 7.97. The first kappa shape index (κ1) is 15.5. The van der Waals surface area contributed by atoms with E-state index < -0.39 is 0 Å². The number of hydrogen-bond acceptors (Lipinski definition) is 4. The van der Waals surface area contributed by atoms with Crippen molar-refractivity contribution in [3.8, 4) is 11.3 Å². The summed E-state index contributed by atoms with van der Waals surface area (Å²) in [7, 11) is 0. The molecular weight excluding hydrogens is 341 g/mol. The van der Waals surface area contributed by atoms with Crippen molar-refractivity contribution in [2.45, 2.75) is 6.92 Å². The van der Waals surface area contributed by atoms with Crippen LogP contribution < -0.4 is 5.32 Å². The molecule has 5 nitrogen and oxygen atoms in total. The van der Waals surface area contributed by atoms with Crippen molar-refractivity contribution >= 4 is 34.0 Å². The fourth-order valence-electron chi connectivity index (χ4n) is 2.68. The highest BCUT2D eigenvalue weighted by atomic mass is 35.5. The second kappa shape index (κ2) is 6.14. The number of benzene rings is 1. The topological polar surface area (TPSA) is 66.5 Å². The Morgan fingerprint density at radius 1 is 1.16 bits per heavy atom. The molecule has 1 aromatic carbocycles. The molecule has 0 unspecified atom stereocenters. The Bertz CT molecular complexity index is 1080. The largest absolute Gasteiger partial charge is 0.354 e. The zero-order chi connectivity index (χ0) is 17.4. The Morgan fingerprint density at radius 2 is 2.04 bits per heavy atom. The molecule has 0 atom stereocenters. The summed E-state index contributed by atoms with van der Waals surface area (Å²) < 4.78 is 14.2. The molecular formula is C18H13ClFN5. The summed E-state index contributed by atoms with van der Waals surface area (Å²) in [5.41, 5.74) is 4.80. The van der Waals surface area contributed by atoms with Crippen LogP contribution in [0.2, 0.25) is 5.02 Å². The van der Waals surface area contributed by atoms with Gasteiger partial charge in [0.25, 0.3) is 0 Å². The highest BCUT2D eigenvalue weighted by Crippen LogP contribution is 2.29. The van der Waals surface area contributed by atoms with E-state index in [-0.39, 0.29) is 5.82 Å². The molecule has 0 aliphatic carbocycles. The van der Waals surface area contributed by atoms with Gasteiger partial charge in [0.05, 0.1) is 17.6 Å². The summed E-state index contributed by atoms with van der Waals surface area (Å²) in [4.78, 5) is 8.67. The Kier molecular flexibility index (Phi) is 3.82. The lowest BCUT2D eigenvalue weighted by molar-refractivity contribution is 0.630. The van der Waals surface area contributed by atoms with E-state index in [1.165, 1.54) is 12.1 Å².